The topological polar surface area (TPSA) is 52.9 Å². The van der Waals surface area contributed by atoms with Gasteiger partial charge < -0.3 is 19.8 Å². The Balaban J connectivity index is 2.23. The molecule has 1 unspecified atom stereocenters. The van der Waals surface area contributed by atoms with Crippen molar-refractivity contribution in [2.24, 2.45) is 0 Å². The maximum Gasteiger partial charge on any atom is 0.0988 e. The van der Waals surface area contributed by atoms with Crippen molar-refractivity contribution in [1.82, 2.24) is 0 Å². The summed E-state index contributed by atoms with van der Waals surface area (Å²) in [4.78, 5) is 2.20. The average Bonchev–Trinajstić information content (AvgIpc) is 2.36. The summed E-state index contributed by atoms with van der Waals surface area (Å²) in [6, 6.07) is 5.91. The van der Waals surface area contributed by atoms with Crippen molar-refractivity contribution in [3.8, 4) is 0 Å². The molecule has 2 N–H and O–H groups in total. The van der Waals surface area contributed by atoms with Gasteiger partial charge in [0.25, 0.3) is 0 Å². The van der Waals surface area contributed by atoms with Crippen LogP contribution >= 0.6 is 15.9 Å². The number of halogens is 1. The van der Waals surface area contributed by atoms with Gasteiger partial charge in [-0.2, -0.15) is 0 Å². The molecule has 1 aromatic rings. The number of anilines is 1. The lowest BCUT2D eigenvalue weighted by molar-refractivity contribution is -0.101. The van der Waals surface area contributed by atoms with Gasteiger partial charge >= 0.3 is 0 Å². The van der Waals surface area contributed by atoms with Crippen LogP contribution in [0.3, 0.4) is 0 Å². The van der Waals surface area contributed by atoms with Gasteiger partial charge in [-0.15, -0.1) is 0 Å². The fourth-order valence-corrected chi connectivity index (χ4v) is 2.94. The summed E-state index contributed by atoms with van der Waals surface area (Å²) in [5.74, 6) is 0. The number of aliphatic hydroxyl groups excluding tert-OH is 2. The predicted molar refractivity (Wildman–Crippen MR) is 78.3 cm³/mol. The van der Waals surface area contributed by atoms with Crippen molar-refractivity contribution < 1.29 is 14.9 Å². The number of hydrogen-bond acceptors (Lipinski definition) is 4. The third-order valence-electron chi connectivity index (χ3n) is 3.26. The number of morpholine rings is 1. The minimum absolute atomic E-state index is 0.0226. The number of ether oxygens (including phenoxy) is 1. The highest BCUT2D eigenvalue weighted by atomic mass is 79.9. The first-order valence-corrected chi connectivity index (χ1v) is 7.17. The Morgan fingerprint density at radius 1 is 1.42 bits per heavy atom. The van der Waals surface area contributed by atoms with Crippen molar-refractivity contribution in [3.05, 3.63) is 28.2 Å². The van der Waals surface area contributed by atoms with E-state index >= 15 is 0 Å². The van der Waals surface area contributed by atoms with E-state index in [1.807, 2.05) is 32.0 Å². The van der Waals surface area contributed by atoms with Crippen LogP contribution < -0.4 is 4.90 Å². The molecule has 1 aliphatic heterocycles. The summed E-state index contributed by atoms with van der Waals surface area (Å²) in [6.07, 6.45) is -0.167. The lowest BCUT2D eigenvalue weighted by Crippen LogP contribution is -2.54. The molecule has 0 spiro atoms. The minimum atomic E-state index is -0.284. The molecule has 19 heavy (non-hydrogen) atoms. The quantitative estimate of drug-likeness (QED) is 0.889. The Kier molecular flexibility index (Phi) is 4.50. The molecule has 1 fully saturated rings. The normalized spacial score (nSPS) is 22.6. The standard InChI is InChI=1S/C14H20BrNO3/c1-14(2)9-16(6-12(8-18)19-14)11-4-3-10(7-17)13(15)5-11/h3-5,12,17-18H,6-9H2,1-2H3. The number of benzene rings is 1. The molecule has 1 saturated heterocycles. The Labute approximate surface area is 122 Å². The zero-order valence-corrected chi connectivity index (χ0v) is 12.9. The minimum Gasteiger partial charge on any atom is -0.394 e. The van der Waals surface area contributed by atoms with Gasteiger partial charge in [0.15, 0.2) is 0 Å². The van der Waals surface area contributed by atoms with Crippen molar-refractivity contribution in [3.63, 3.8) is 0 Å². The van der Waals surface area contributed by atoms with Crippen LogP contribution in [-0.4, -0.2) is 41.6 Å². The smallest absolute Gasteiger partial charge is 0.0988 e. The van der Waals surface area contributed by atoms with E-state index in [0.29, 0.717) is 6.54 Å². The molecule has 0 amide bonds. The third kappa shape index (κ3) is 3.48. The lowest BCUT2D eigenvalue weighted by atomic mass is 10.0. The van der Waals surface area contributed by atoms with Crippen LogP contribution in [0.15, 0.2) is 22.7 Å². The molecule has 0 aromatic heterocycles. The van der Waals surface area contributed by atoms with Crippen LogP contribution in [0.25, 0.3) is 0 Å². The number of hydrogen-bond donors (Lipinski definition) is 2. The Bertz CT molecular complexity index is 450. The molecule has 0 saturated carbocycles. The Hall–Kier alpha value is -0.620. The van der Waals surface area contributed by atoms with Gasteiger partial charge in [0.2, 0.25) is 0 Å². The van der Waals surface area contributed by atoms with Crippen molar-refractivity contribution in [2.75, 3.05) is 24.6 Å². The maximum atomic E-state index is 9.33. The average molecular weight is 330 g/mol. The van der Waals surface area contributed by atoms with Crippen molar-refractivity contribution in [1.29, 1.82) is 0 Å². The van der Waals surface area contributed by atoms with E-state index in [2.05, 4.69) is 20.8 Å². The fraction of sp³-hybridized carbons (Fsp3) is 0.571. The van der Waals surface area contributed by atoms with Gasteiger partial charge in [-0.05, 0) is 31.5 Å². The summed E-state index contributed by atoms with van der Waals surface area (Å²) in [7, 11) is 0. The molecular formula is C14H20BrNO3. The molecule has 4 nitrogen and oxygen atoms in total. The van der Waals surface area contributed by atoms with Crippen molar-refractivity contribution in [2.45, 2.75) is 32.2 Å². The van der Waals surface area contributed by atoms with E-state index in [1.165, 1.54) is 0 Å². The molecule has 2 rings (SSSR count). The summed E-state index contributed by atoms with van der Waals surface area (Å²) >= 11 is 3.47. The predicted octanol–water partition coefficient (Wildman–Crippen LogP) is 1.92. The molecule has 0 aliphatic carbocycles. The molecule has 1 heterocycles. The molecule has 5 heteroatoms. The van der Waals surface area contributed by atoms with E-state index in [1.54, 1.807) is 0 Å². The Morgan fingerprint density at radius 3 is 2.74 bits per heavy atom. The zero-order valence-electron chi connectivity index (χ0n) is 11.3. The summed E-state index contributed by atoms with van der Waals surface area (Å²) < 4.78 is 6.71. The van der Waals surface area contributed by atoms with Gasteiger partial charge in [0.1, 0.15) is 0 Å². The third-order valence-corrected chi connectivity index (χ3v) is 4.00. The van der Waals surface area contributed by atoms with E-state index in [-0.39, 0.29) is 24.9 Å². The second-order valence-corrected chi connectivity index (χ2v) is 6.35. The summed E-state index contributed by atoms with van der Waals surface area (Å²) in [6.45, 7) is 5.54. The Morgan fingerprint density at radius 2 is 2.16 bits per heavy atom. The van der Waals surface area contributed by atoms with Gasteiger partial charge in [-0.1, -0.05) is 22.0 Å². The molecule has 1 aliphatic rings. The molecule has 0 radical (unpaired) electrons. The van der Waals surface area contributed by atoms with E-state index in [4.69, 9.17) is 4.74 Å². The van der Waals surface area contributed by atoms with Gasteiger partial charge in [0, 0.05) is 23.2 Å². The van der Waals surface area contributed by atoms with Gasteiger partial charge in [0.05, 0.1) is 24.9 Å². The SMILES string of the molecule is CC1(C)CN(c2ccc(CO)c(Br)c2)CC(CO)O1. The summed E-state index contributed by atoms with van der Waals surface area (Å²) in [5.41, 5.74) is 1.65. The largest absolute Gasteiger partial charge is 0.394 e. The maximum absolute atomic E-state index is 9.33. The van der Waals surface area contributed by atoms with Gasteiger partial charge in [-0.25, -0.2) is 0 Å². The second-order valence-electron chi connectivity index (χ2n) is 5.50. The number of aliphatic hydroxyl groups is 2. The first-order valence-electron chi connectivity index (χ1n) is 6.38. The first kappa shape index (κ1) is 14.8. The van der Waals surface area contributed by atoms with Crippen LogP contribution in [0.2, 0.25) is 0 Å². The van der Waals surface area contributed by atoms with Crippen LogP contribution in [0.5, 0.6) is 0 Å². The molecule has 1 atom stereocenters. The highest BCUT2D eigenvalue weighted by Gasteiger charge is 2.33. The van der Waals surface area contributed by atoms with Crippen LogP contribution in [-0.2, 0) is 11.3 Å². The van der Waals surface area contributed by atoms with Crippen LogP contribution in [0, 0.1) is 0 Å². The van der Waals surface area contributed by atoms with Crippen LogP contribution in [0.4, 0.5) is 5.69 Å². The van der Waals surface area contributed by atoms with E-state index in [0.717, 1.165) is 22.3 Å². The van der Waals surface area contributed by atoms with Crippen molar-refractivity contribution >= 4 is 21.6 Å². The highest BCUT2D eigenvalue weighted by molar-refractivity contribution is 9.10. The van der Waals surface area contributed by atoms with Crippen LogP contribution in [0.1, 0.15) is 19.4 Å². The second kappa shape index (κ2) is 5.79. The highest BCUT2D eigenvalue weighted by Crippen LogP contribution is 2.29. The van der Waals surface area contributed by atoms with E-state index in [9.17, 15) is 10.2 Å². The molecular weight excluding hydrogens is 310 g/mol. The monoisotopic (exact) mass is 329 g/mol. The molecule has 106 valence electrons. The first-order chi connectivity index (χ1) is 8.95. The number of rotatable bonds is 3. The molecule has 0 bridgehead atoms. The lowest BCUT2D eigenvalue weighted by Gasteiger charge is -2.43. The fourth-order valence-electron chi connectivity index (χ4n) is 2.45. The number of nitrogens with zero attached hydrogens (tertiary/aromatic N) is 1. The molecule has 1 aromatic carbocycles. The zero-order chi connectivity index (χ0) is 14.0. The summed E-state index contributed by atoms with van der Waals surface area (Å²) in [5, 5.41) is 18.5. The van der Waals surface area contributed by atoms with Gasteiger partial charge in [-0.3, -0.25) is 0 Å². The van der Waals surface area contributed by atoms with E-state index < -0.39 is 0 Å².